The van der Waals surface area contributed by atoms with Crippen LogP contribution in [0.15, 0.2) is 0 Å². The first-order chi connectivity index (χ1) is 28.5. The molecule has 0 saturated carbocycles. The van der Waals surface area contributed by atoms with Crippen molar-refractivity contribution >= 4 is 17.9 Å². The minimum Gasteiger partial charge on any atom is -0.462 e. The average molecular weight is 821 g/mol. The molecule has 0 bridgehead atoms. The molecule has 0 aliphatic carbocycles. The molecule has 0 aromatic rings. The highest BCUT2D eigenvalue weighted by Gasteiger charge is 2.19. The quantitative estimate of drug-likeness (QED) is 0.0346. The van der Waals surface area contributed by atoms with E-state index in [1.807, 2.05) is 0 Å². The molecule has 0 aliphatic heterocycles. The summed E-state index contributed by atoms with van der Waals surface area (Å²) in [5, 5.41) is 0. The molecule has 6 heteroatoms. The molecule has 6 nitrogen and oxygen atoms in total. The van der Waals surface area contributed by atoms with Crippen molar-refractivity contribution in [2.75, 3.05) is 13.2 Å². The summed E-state index contributed by atoms with van der Waals surface area (Å²) in [4.78, 5) is 37.9. The SMILES string of the molecule is CCCCCCCCCCCCCCCCCCCCC(=O)OC[C@H](COC(=O)CCCCCCCCCCCCC)OC(=O)CCCCCCCCCCCCC. The highest BCUT2D eigenvalue weighted by Crippen LogP contribution is 2.17. The molecule has 0 radical (unpaired) electrons. The van der Waals surface area contributed by atoms with E-state index in [1.54, 1.807) is 0 Å². The molecule has 0 fully saturated rings. The van der Waals surface area contributed by atoms with Crippen LogP contribution in [0.25, 0.3) is 0 Å². The Kier molecular flexibility index (Phi) is 46.8. The van der Waals surface area contributed by atoms with E-state index >= 15 is 0 Å². The Morgan fingerprint density at radius 2 is 0.466 bits per heavy atom. The molecule has 0 N–H and O–H groups in total. The summed E-state index contributed by atoms with van der Waals surface area (Å²) in [6.07, 6.45) is 50.9. The zero-order valence-corrected chi connectivity index (χ0v) is 39.3. The van der Waals surface area contributed by atoms with Gasteiger partial charge in [0.15, 0.2) is 6.10 Å². The number of hydrogen-bond donors (Lipinski definition) is 0. The zero-order valence-electron chi connectivity index (χ0n) is 39.3. The molecule has 0 aromatic heterocycles. The van der Waals surface area contributed by atoms with Gasteiger partial charge in [0.1, 0.15) is 13.2 Å². The normalized spacial score (nSPS) is 11.8. The van der Waals surface area contributed by atoms with Crippen LogP contribution in [-0.4, -0.2) is 37.2 Å². The van der Waals surface area contributed by atoms with Crippen LogP contribution < -0.4 is 0 Å². The fourth-order valence-corrected chi connectivity index (χ4v) is 7.92. The van der Waals surface area contributed by atoms with Crippen molar-refractivity contribution in [3.63, 3.8) is 0 Å². The minimum atomic E-state index is -0.759. The Hall–Kier alpha value is -1.59. The van der Waals surface area contributed by atoms with Crippen molar-refractivity contribution in [3.8, 4) is 0 Å². The summed E-state index contributed by atoms with van der Waals surface area (Å²) in [6, 6.07) is 0. The Balaban J connectivity index is 4.23. The fourth-order valence-electron chi connectivity index (χ4n) is 7.92. The van der Waals surface area contributed by atoms with E-state index in [2.05, 4.69) is 20.8 Å². The van der Waals surface area contributed by atoms with Gasteiger partial charge < -0.3 is 14.2 Å². The third-order valence-corrected chi connectivity index (χ3v) is 11.9. The van der Waals surface area contributed by atoms with E-state index in [1.165, 1.54) is 199 Å². The molecule has 0 aromatic carbocycles. The first kappa shape index (κ1) is 56.4. The highest BCUT2D eigenvalue weighted by atomic mass is 16.6. The lowest BCUT2D eigenvalue weighted by molar-refractivity contribution is -0.167. The maximum atomic E-state index is 12.7. The molecular weight excluding hydrogens is 721 g/mol. The number of unbranched alkanes of at least 4 members (excludes halogenated alkanes) is 37. The smallest absolute Gasteiger partial charge is 0.306 e. The van der Waals surface area contributed by atoms with Crippen molar-refractivity contribution in [2.24, 2.45) is 0 Å². The van der Waals surface area contributed by atoms with Gasteiger partial charge in [0.25, 0.3) is 0 Å². The molecule has 0 heterocycles. The zero-order chi connectivity index (χ0) is 42.3. The predicted molar refractivity (Wildman–Crippen MR) is 247 cm³/mol. The Morgan fingerprint density at radius 1 is 0.276 bits per heavy atom. The number of carbonyl (C=O) groups excluding carboxylic acids is 3. The van der Waals surface area contributed by atoms with Crippen LogP contribution in [0, 0.1) is 0 Å². The Morgan fingerprint density at radius 3 is 0.690 bits per heavy atom. The largest absolute Gasteiger partial charge is 0.462 e. The topological polar surface area (TPSA) is 78.9 Å². The maximum Gasteiger partial charge on any atom is 0.306 e. The summed E-state index contributed by atoms with van der Waals surface area (Å²) < 4.78 is 16.8. The van der Waals surface area contributed by atoms with E-state index in [9.17, 15) is 14.4 Å². The molecule has 1 atom stereocenters. The number of hydrogen-bond acceptors (Lipinski definition) is 6. The fraction of sp³-hybridized carbons (Fsp3) is 0.942. The van der Waals surface area contributed by atoms with Gasteiger partial charge in [-0.05, 0) is 19.3 Å². The molecule has 0 amide bonds. The van der Waals surface area contributed by atoms with E-state index in [-0.39, 0.29) is 31.1 Å². The summed E-state index contributed by atoms with van der Waals surface area (Å²) in [5.41, 5.74) is 0. The lowest BCUT2D eigenvalue weighted by atomic mass is 10.0. The van der Waals surface area contributed by atoms with Crippen LogP contribution in [-0.2, 0) is 28.6 Å². The molecule has 0 unspecified atom stereocenters. The van der Waals surface area contributed by atoms with Gasteiger partial charge in [-0.1, -0.05) is 258 Å². The first-order valence-electron chi connectivity index (χ1n) is 26.0. The van der Waals surface area contributed by atoms with Crippen LogP contribution in [0.2, 0.25) is 0 Å². The van der Waals surface area contributed by atoms with Gasteiger partial charge in [0.2, 0.25) is 0 Å². The number of rotatable bonds is 48. The Bertz CT molecular complexity index is 859. The molecule has 58 heavy (non-hydrogen) atoms. The average Bonchev–Trinajstić information content (AvgIpc) is 3.22. The molecule has 0 spiro atoms. The van der Waals surface area contributed by atoms with Crippen molar-refractivity contribution in [1.29, 1.82) is 0 Å². The second kappa shape index (κ2) is 48.1. The number of carbonyl (C=O) groups is 3. The lowest BCUT2D eigenvalue weighted by Crippen LogP contribution is -2.30. The summed E-state index contributed by atoms with van der Waals surface area (Å²) in [7, 11) is 0. The van der Waals surface area contributed by atoms with Gasteiger partial charge in [0, 0.05) is 19.3 Å². The monoisotopic (exact) mass is 821 g/mol. The second-order valence-corrected chi connectivity index (χ2v) is 17.8. The molecule has 0 aliphatic rings. The lowest BCUT2D eigenvalue weighted by Gasteiger charge is -2.18. The summed E-state index contributed by atoms with van der Waals surface area (Å²) in [6.45, 7) is 6.67. The van der Waals surface area contributed by atoms with E-state index in [0.29, 0.717) is 19.3 Å². The first-order valence-corrected chi connectivity index (χ1v) is 26.0. The van der Waals surface area contributed by atoms with Gasteiger partial charge in [-0.2, -0.15) is 0 Å². The van der Waals surface area contributed by atoms with Gasteiger partial charge in [0.05, 0.1) is 0 Å². The standard InChI is InChI=1S/C52H100O6/c1-4-7-10-13-16-19-22-23-24-25-26-27-28-31-33-36-39-42-45-51(54)57-48-49(58-52(55)46-43-40-37-34-30-21-18-15-12-9-6-3)47-56-50(53)44-41-38-35-32-29-20-17-14-11-8-5-2/h49H,4-48H2,1-3H3/t49-/m0/s1. The van der Waals surface area contributed by atoms with Gasteiger partial charge in [-0.25, -0.2) is 0 Å². The summed E-state index contributed by atoms with van der Waals surface area (Å²) >= 11 is 0. The number of esters is 3. The van der Waals surface area contributed by atoms with Crippen LogP contribution in [0.5, 0.6) is 0 Å². The predicted octanol–water partition coefficient (Wildman–Crippen LogP) is 16.8. The van der Waals surface area contributed by atoms with Gasteiger partial charge >= 0.3 is 17.9 Å². The van der Waals surface area contributed by atoms with Crippen LogP contribution in [0.4, 0.5) is 0 Å². The maximum absolute atomic E-state index is 12.7. The van der Waals surface area contributed by atoms with Gasteiger partial charge in [-0.15, -0.1) is 0 Å². The van der Waals surface area contributed by atoms with Crippen molar-refractivity contribution in [3.05, 3.63) is 0 Å². The highest BCUT2D eigenvalue weighted by molar-refractivity contribution is 5.71. The van der Waals surface area contributed by atoms with E-state index < -0.39 is 6.10 Å². The van der Waals surface area contributed by atoms with Crippen LogP contribution in [0.1, 0.15) is 297 Å². The van der Waals surface area contributed by atoms with Crippen molar-refractivity contribution in [1.82, 2.24) is 0 Å². The molecule has 0 rings (SSSR count). The number of ether oxygens (including phenoxy) is 3. The third kappa shape index (κ3) is 45.5. The second-order valence-electron chi connectivity index (χ2n) is 17.8. The van der Waals surface area contributed by atoms with Crippen LogP contribution in [0.3, 0.4) is 0 Å². The molecule has 344 valence electrons. The minimum absolute atomic E-state index is 0.0619. The Labute approximate surface area is 361 Å². The third-order valence-electron chi connectivity index (χ3n) is 11.9. The molecule has 0 saturated heterocycles. The van der Waals surface area contributed by atoms with Crippen molar-refractivity contribution in [2.45, 2.75) is 303 Å². The van der Waals surface area contributed by atoms with E-state index in [4.69, 9.17) is 14.2 Å². The van der Waals surface area contributed by atoms with Crippen molar-refractivity contribution < 1.29 is 28.6 Å². The van der Waals surface area contributed by atoms with Gasteiger partial charge in [-0.3, -0.25) is 14.4 Å². The van der Waals surface area contributed by atoms with Crippen LogP contribution >= 0.6 is 0 Å². The van der Waals surface area contributed by atoms with E-state index in [0.717, 1.165) is 57.8 Å². The summed E-state index contributed by atoms with van der Waals surface area (Å²) in [5.74, 6) is -0.843. The molecular formula is C52H100O6.